The number of aliphatic hydroxyl groups excluding tert-OH is 2. The van der Waals surface area contributed by atoms with Crippen molar-refractivity contribution in [2.24, 2.45) is 34.8 Å². The lowest BCUT2D eigenvalue weighted by Gasteiger charge is -2.62. The number of fused-ring (bicyclic) bond motifs is 2. The smallest absolute Gasteiger partial charge is 0.251 e. The topological polar surface area (TPSA) is 153 Å². The monoisotopic (exact) mass is 784 g/mol. The number of hydrogen-bond donors (Lipinski definition) is 5. The fourth-order valence-electron chi connectivity index (χ4n) is 9.78. The van der Waals surface area contributed by atoms with E-state index in [1.54, 1.807) is 19.1 Å². The van der Waals surface area contributed by atoms with Crippen molar-refractivity contribution in [1.29, 1.82) is 0 Å². The van der Waals surface area contributed by atoms with Gasteiger partial charge < -0.3 is 41.1 Å². The van der Waals surface area contributed by atoms with Crippen LogP contribution in [0.3, 0.4) is 0 Å². The van der Waals surface area contributed by atoms with Crippen LogP contribution in [0.5, 0.6) is 5.75 Å². The van der Waals surface area contributed by atoms with Crippen LogP contribution in [0.1, 0.15) is 68.1 Å². The van der Waals surface area contributed by atoms with Crippen LogP contribution in [-0.2, 0) is 16.2 Å². The molecule has 3 saturated carbocycles. The van der Waals surface area contributed by atoms with Crippen LogP contribution in [0.4, 0.5) is 5.69 Å². The highest BCUT2D eigenvalue weighted by Crippen LogP contribution is 2.61. The van der Waals surface area contributed by atoms with E-state index in [4.69, 9.17) is 15.3 Å². The first-order valence-corrected chi connectivity index (χ1v) is 20.3. The van der Waals surface area contributed by atoms with Crippen LogP contribution in [0.15, 0.2) is 66.7 Å². The molecule has 2 amide bonds. The number of nitrogens with one attached hydrogen (secondary N) is 2. The second-order valence-corrected chi connectivity index (χ2v) is 17.6. The van der Waals surface area contributed by atoms with Crippen molar-refractivity contribution < 1.29 is 29.4 Å². The number of para-hydroxylation sites is 1. The lowest BCUT2D eigenvalue weighted by atomic mass is 9.45. The summed E-state index contributed by atoms with van der Waals surface area (Å²) in [6, 6.07) is 19.5. The number of carbonyl (C=O) groups excluding carboxylic acids is 2. The van der Waals surface area contributed by atoms with Gasteiger partial charge in [-0.3, -0.25) is 14.4 Å². The van der Waals surface area contributed by atoms with Crippen molar-refractivity contribution in [2.75, 3.05) is 53.3 Å². The van der Waals surface area contributed by atoms with Gasteiger partial charge in [-0.25, -0.2) is 0 Å². The van der Waals surface area contributed by atoms with Gasteiger partial charge in [-0.15, -0.1) is 0 Å². The Labute approximate surface area is 338 Å². The van der Waals surface area contributed by atoms with Crippen molar-refractivity contribution in [1.82, 2.24) is 20.6 Å². The molecule has 4 aliphatic rings. The molecule has 57 heavy (non-hydrogen) atoms. The average Bonchev–Trinajstić information content (AvgIpc) is 3.56. The summed E-state index contributed by atoms with van der Waals surface area (Å²) in [5.74, 6) is 1.03. The number of methoxy groups -OCH3 is 1. The molecule has 0 spiro atoms. The third kappa shape index (κ3) is 8.72. The summed E-state index contributed by atoms with van der Waals surface area (Å²) < 4.78 is 6.12. The molecule has 0 unspecified atom stereocenters. The van der Waals surface area contributed by atoms with Crippen LogP contribution in [0.2, 0.25) is 0 Å². The molecular formula is C45H64N6O6. The quantitative estimate of drug-likeness (QED) is 0.150. The van der Waals surface area contributed by atoms with E-state index in [9.17, 15) is 19.8 Å². The highest BCUT2D eigenvalue weighted by Gasteiger charge is 2.57. The first-order chi connectivity index (χ1) is 27.0. The lowest BCUT2D eigenvalue weighted by Crippen LogP contribution is -2.62. The maximum atomic E-state index is 14.3. The molecule has 1 heterocycles. The van der Waals surface area contributed by atoms with Gasteiger partial charge in [0.2, 0.25) is 5.91 Å². The number of likely N-dealkylation sites (N-methyl/N-ethyl adjacent to an activating group) is 1. The van der Waals surface area contributed by atoms with E-state index in [0.29, 0.717) is 35.6 Å². The number of rotatable bonds is 15. The van der Waals surface area contributed by atoms with Gasteiger partial charge in [-0.05, 0) is 86.4 Å². The maximum Gasteiger partial charge on any atom is 0.251 e. The Morgan fingerprint density at radius 1 is 1.04 bits per heavy atom. The predicted octanol–water partition coefficient (Wildman–Crippen LogP) is 4.45. The van der Waals surface area contributed by atoms with E-state index >= 15 is 0 Å². The summed E-state index contributed by atoms with van der Waals surface area (Å²) in [6.07, 6.45) is -0.164. The number of benzene rings is 3. The van der Waals surface area contributed by atoms with E-state index in [0.717, 1.165) is 34.4 Å². The zero-order chi connectivity index (χ0) is 41.3. The number of nitrogens with zero attached hydrogens (tertiary/aromatic N) is 3. The molecule has 1 aliphatic heterocycles. The molecule has 7 rings (SSSR count). The van der Waals surface area contributed by atoms with Gasteiger partial charge in [0.15, 0.2) is 0 Å². The van der Waals surface area contributed by atoms with Crippen LogP contribution in [0.25, 0.3) is 11.1 Å². The number of amides is 2. The molecule has 12 heteroatoms. The molecule has 4 fully saturated rings. The number of nitrogens with two attached hydrogens (primary N) is 1. The molecule has 12 nitrogen and oxygen atoms in total. The molecule has 3 aromatic rings. The lowest BCUT2D eigenvalue weighted by molar-refractivity contribution is -0.175. The van der Waals surface area contributed by atoms with Gasteiger partial charge >= 0.3 is 0 Å². The van der Waals surface area contributed by atoms with Gasteiger partial charge in [0.1, 0.15) is 17.9 Å². The summed E-state index contributed by atoms with van der Waals surface area (Å²) in [6.45, 7) is 9.39. The SMILES string of the molecule is COc1c(CN2O[C@@H](CN)[C@@H]([C@H](C)O)[C@H]2C(=O)N[C@H]2C[C@@H]3C[C@H]([C@@H]2C)C3(C)C)cccc1-c1cc(C(=O)N[C@H](CN(C)C)[C@H](O)c2ccccc2)cc(N(C)C)c1. The first kappa shape index (κ1) is 42.6. The predicted molar refractivity (Wildman–Crippen MR) is 223 cm³/mol. The Balaban J connectivity index is 1.29. The average molecular weight is 785 g/mol. The minimum absolute atomic E-state index is 0.0516. The fourth-order valence-corrected chi connectivity index (χ4v) is 9.78. The summed E-state index contributed by atoms with van der Waals surface area (Å²) in [4.78, 5) is 38.7. The summed E-state index contributed by atoms with van der Waals surface area (Å²) >= 11 is 0. The van der Waals surface area contributed by atoms with Crippen LogP contribution < -0.4 is 26.0 Å². The third-order valence-electron chi connectivity index (χ3n) is 13.1. The van der Waals surface area contributed by atoms with Crippen molar-refractivity contribution in [3.63, 3.8) is 0 Å². The second kappa shape index (κ2) is 17.4. The Bertz CT molecular complexity index is 1870. The Hall–Kier alpha value is -4.04. The number of anilines is 1. The number of hydrogen-bond acceptors (Lipinski definition) is 10. The van der Waals surface area contributed by atoms with Crippen LogP contribution in [0, 0.1) is 29.1 Å². The number of carbonyl (C=O) groups is 2. The highest BCUT2D eigenvalue weighted by molar-refractivity contribution is 5.97. The highest BCUT2D eigenvalue weighted by atomic mass is 16.7. The maximum absolute atomic E-state index is 14.3. The van der Waals surface area contributed by atoms with Crippen molar-refractivity contribution in [2.45, 2.75) is 83.5 Å². The zero-order valence-electron chi connectivity index (χ0n) is 35.1. The zero-order valence-corrected chi connectivity index (χ0v) is 35.1. The molecule has 2 bridgehead atoms. The van der Waals surface area contributed by atoms with Crippen molar-refractivity contribution in [3.8, 4) is 16.9 Å². The second-order valence-electron chi connectivity index (χ2n) is 17.6. The van der Waals surface area contributed by atoms with E-state index < -0.39 is 36.3 Å². The Morgan fingerprint density at radius 2 is 1.75 bits per heavy atom. The summed E-state index contributed by atoms with van der Waals surface area (Å²) in [5, 5.41) is 30.5. The first-order valence-electron chi connectivity index (χ1n) is 20.3. The molecule has 0 radical (unpaired) electrons. The van der Waals surface area contributed by atoms with E-state index in [-0.39, 0.29) is 36.4 Å². The fraction of sp³-hybridized carbons (Fsp3) is 0.556. The Morgan fingerprint density at radius 3 is 2.35 bits per heavy atom. The minimum Gasteiger partial charge on any atom is -0.496 e. The molecule has 3 aliphatic carbocycles. The van der Waals surface area contributed by atoms with Gasteiger partial charge in [0, 0.05) is 61.5 Å². The summed E-state index contributed by atoms with van der Waals surface area (Å²) in [5.41, 5.74) is 10.7. The number of aliphatic hydroxyl groups is 2. The van der Waals surface area contributed by atoms with Gasteiger partial charge in [0.05, 0.1) is 31.9 Å². The molecule has 3 aromatic carbocycles. The third-order valence-corrected chi connectivity index (χ3v) is 13.1. The van der Waals surface area contributed by atoms with E-state index in [1.807, 2.05) is 105 Å². The number of hydroxylamine groups is 2. The van der Waals surface area contributed by atoms with Crippen molar-refractivity contribution in [3.05, 3.63) is 83.4 Å². The van der Waals surface area contributed by atoms with Gasteiger partial charge in [-0.2, -0.15) is 5.06 Å². The minimum atomic E-state index is -0.916. The van der Waals surface area contributed by atoms with E-state index in [2.05, 4.69) is 31.4 Å². The molecule has 310 valence electrons. The Kier molecular flexibility index (Phi) is 13.0. The van der Waals surface area contributed by atoms with Crippen LogP contribution in [-0.4, -0.2) is 111 Å². The molecule has 0 aromatic heterocycles. The molecule has 10 atom stereocenters. The summed E-state index contributed by atoms with van der Waals surface area (Å²) in [7, 11) is 9.26. The molecule has 1 saturated heterocycles. The number of ether oxygens (including phenoxy) is 1. The molecular weight excluding hydrogens is 721 g/mol. The van der Waals surface area contributed by atoms with Gasteiger partial charge in [0.25, 0.3) is 5.91 Å². The largest absolute Gasteiger partial charge is 0.496 e. The van der Waals surface area contributed by atoms with E-state index in [1.165, 1.54) is 6.42 Å². The van der Waals surface area contributed by atoms with Crippen molar-refractivity contribution >= 4 is 17.5 Å². The van der Waals surface area contributed by atoms with Crippen LogP contribution >= 0.6 is 0 Å². The normalized spacial score (nSPS) is 26.9. The van der Waals surface area contributed by atoms with Gasteiger partial charge in [-0.1, -0.05) is 69.3 Å². The molecule has 6 N–H and O–H groups in total. The standard InChI is InChI=1S/C45H64N6O6/c1-26-35-21-32(45(35,3)4)22-36(26)47-44(55)40-39(27(2)52)38(23-46)57-51(40)24-29-16-13-17-34(42(29)56-9)30-18-31(20-33(19-30)50(7)8)43(54)48-37(25-49(5)6)41(53)28-14-11-10-12-15-28/h10-20,26-27,32,35-41,52-53H,21-25,46H2,1-9H3,(H,47,55)(H,48,54)/t26-,27-,32-,35+,36-,37+,38-,39+,40-,41+/m0/s1.